The van der Waals surface area contributed by atoms with Gasteiger partial charge < -0.3 is 15.4 Å². The first-order valence-electron chi connectivity index (χ1n) is 6.72. The van der Waals surface area contributed by atoms with Crippen LogP contribution in [0.5, 0.6) is 0 Å². The van der Waals surface area contributed by atoms with Gasteiger partial charge in [0.1, 0.15) is 0 Å². The molecule has 1 heterocycles. The molecular formula is C16H13ClN2O3. The molecule has 2 atom stereocenters. The Bertz CT molecular complexity index is 706. The predicted octanol–water partition coefficient (Wildman–Crippen LogP) is 3.13. The van der Waals surface area contributed by atoms with Crippen molar-refractivity contribution < 1.29 is 14.3 Å². The van der Waals surface area contributed by atoms with E-state index in [1.165, 1.54) is 0 Å². The van der Waals surface area contributed by atoms with E-state index in [4.69, 9.17) is 16.3 Å². The van der Waals surface area contributed by atoms with Crippen molar-refractivity contribution in [1.29, 1.82) is 0 Å². The molecule has 3 rings (SSSR count). The molecule has 0 saturated carbocycles. The molecule has 0 radical (unpaired) electrons. The Morgan fingerprint density at radius 2 is 1.91 bits per heavy atom. The van der Waals surface area contributed by atoms with E-state index >= 15 is 0 Å². The summed E-state index contributed by atoms with van der Waals surface area (Å²) in [6.45, 7) is 0. The lowest BCUT2D eigenvalue weighted by atomic mass is 10.0. The summed E-state index contributed by atoms with van der Waals surface area (Å²) in [6.07, 6.45) is -1.27. The second-order valence-corrected chi connectivity index (χ2v) is 5.29. The summed E-state index contributed by atoms with van der Waals surface area (Å²) in [7, 11) is 0. The van der Waals surface area contributed by atoms with Gasteiger partial charge in [0.05, 0.1) is 0 Å². The fraction of sp³-hybridized carbons (Fsp3) is 0.125. The van der Waals surface area contributed by atoms with E-state index in [1.807, 2.05) is 30.3 Å². The molecule has 2 amide bonds. The number of hydrogen-bond donors (Lipinski definition) is 2. The van der Waals surface area contributed by atoms with Crippen LogP contribution in [0.15, 0.2) is 54.6 Å². The van der Waals surface area contributed by atoms with Crippen molar-refractivity contribution in [3.8, 4) is 0 Å². The fourth-order valence-corrected chi connectivity index (χ4v) is 2.50. The summed E-state index contributed by atoms with van der Waals surface area (Å²) >= 11 is 5.89. The molecule has 6 heteroatoms. The topological polar surface area (TPSA) is 67.4 Å². The van der Waals surface area contributed by atoms with Crippen LogP contribution in [0.3, 0.4) is 0 Å². The van der Waals surface area contributed by atoms with E-state index < -0.39 is 18.2 Å². The zero-order chi connectivity index (χ0) is 15.5. The number of carbonyl (C=O) groups excluding carboxylic acids is 2. The molecule has 112 valence electrons. The van der Waals surface area contributed by atoms with Gasteiger partial charge in [-0.25, -0.2) is 4.79 Å². The molecule has 0 aromatic heterocycles. The van der Waals surface area contributed by atoms with E-state index in [-0.39, 0.29) is 5.91 Å². The highest BCUT2D eigenvalue weighted by Crippen LogP contribution is 2.27. The molecule has 2 N–H and O–H groups in total. The number of ether oxygens (including phenoxy) is 1. The van der Waals surface area contributed by atoms with Crippen LogP contribution in [0.1, 0.15) is 11.7 Å². The van der Waals surface area contributed by atoms with Crippen LogP contribution in [0.25, 0.3) is 0 Å². The van der Waals surface area contributed by atoms with Crippen molar-refractivity contribution in [2.24, 2.45) is 0 Å². The van der Waals surface area contributed by atoms with Gasteiger partial charge in [0.25, 0.3) is 5.91 Å². The number of hydrogen-bond acceptors (Lipinski definition) is 3. The summed E-state index contributed by atoms with van der Waals surface area (Å²) in [4.78, 5) is 23.9. The Morgan fingerprint density at radius 3 is 2.64 bits per heavy atom. The molecule has 0 bridgehead atoms. The van der Waals surface area contributed by atoms with Crippen LogP contribution < -0.4 is 10.6 Å². The number of benzene rings is 2. The SMILES string of the molecule is O=C1NC(C(=O)Nc2cccc(Cl)c2)C(c2ccccc2)O1. The smallest absolute Gasteiger partial charge is 0.408 e. The Labute approximate surface area is 132 Å². The fourth-order valence-electron chi connectivity index (χ4n) is 2.31. The molecule has 5 nitrogen and oxygen atoms in total. The van der Waals surface area contributed by atoms with Crippen LogP contribution >= 0.6 is 11.6 Å². The van der Waals surface area contributed by atoms with Crippen LogP contribution in [-0.2, 0) is 9.53 Å². The maximum absolute atomic E-state index is 12.4. The number of halogens is 1. The van der Waals surface area contributed by atoms with E-state index in [0.717, 1.165) is 5.56 Å². The Morgan fingerprint density at radius 1 is 1.14 bits per heavy atom. The number of amides is 2. The predicted molar refractivity (Wildman–Crippen MR) is 82.7 cm³/mol. The largest absolute Gasteiger partial charge is 0.439 e. The molecule has 1 saturated heterocycles. The van der Waals surface area contributed by atoms with Crippen LogP contribution in [0.4, 0.5) is 10.5 Å². The van der Waals surface area contributed by atoms with Crippen molar-refractivity contribution in [3.05, 3.63) is 65.2 Å². The number of cyclic esters (lactones) is 1. The van der Waals surface area contributed by atoms with Gasteiger partial charge in [-0.1, -0.05) is 48.0 Å². The van der Waals surface area contributed by atoms with Gasteiger partial charge in [-0.2, -0.15) is 0 Å². The highest BCUT2D eigenvalue weighted by molar-refractivity contribution is 6.30. The van der Waals surface area contributed by atoms with Crippen LogP contribution in [-0.4, -0.2) is 18.0 Å². The summed E-state index contributed by atoms with van der Waals surface area (Å²) < 4.78 is 5.21. The van der Waals surface area contributed by atoms with Crippen molar-refractivity contribution in [2.45, 2.75) is 12.1 Å². The molecular weight excluding hydrogens is 304 g/mol. The molecule has 2 unspecified atom stereocenters. The second-order valence-electron chi connectivity index (χ2n) is 4.86. The standard InChI is InChI=1S/C16H13ClN2O3/c17-11-7-4-8-12(9-11)18-15(20)13-14(22-16(21)19-13)10-5-2-1-3-6-10/h1-9,13-14H,(H,18,20)(H,19,21). The zero-order valence-electron chi connectivity index (χ0n) is 11.5. The van der Waals surface area contributed by atoms with E-state index in [2.05, 4.69) is 10.6 Å². The third kappa shape index (κ3) is 3.04. The minimum Gasteiger partial charge on any atom is -0.439 e. The van der Waals surface area contributed by atoms with Gasteiger partial charge in [-0.3, -0.25) is 4.79 Å². The number of rotatable bonds is 3. The maximum Gasteiger partial charge on any atom is 0.408 e. The lowest BCUT2D eigenvalue weighted by Gasteiger charge is -2.17. The quantitative estimate of drug-likeness (QED) is 0.914. The first-order chi connectivity index (χ1) is 10.6. The summed E-state index contributed by atoms with van der Waals surface area (Å²) in [5.74, 6) is -0.359. The first-order valence-corrected chi connectivity index (χ1v) is 7.10. The third-order valence-electron chi connectivity index (χ3n) is 3.31. The number of nitrogens with one attached hydrogen (secondary N) is 2. The Balaban J connectivity index is 1.79. The van der Waals surface area contributed by atoms with Gasteiger partial charge in [-0.05, 0) is 23.8 Å². The van der Waals surface area contributed by atoms with E-state index in [0.29, 0.717) is 10.7 Å². The van der Waals surface area contributed by atoms with Gasteiger partial charge in [0.15, 0.2) is 12.1 Å². The van der Waals surface area contributed by atoms with Crippen molar-refractivity contribution in [1.82, 2.24) is 5.32 Å². The second kappa shape index (κ2) is 6.07. The van der Waals surface area contributed by atoms with E-state index in [9.17, 15) is 9.59 Å². The lowest BCUT2D eigenvalue weighted by molar-refractivity contribution is -0.119. The number of carbonyl (C=O) groups is 2. The average molecular weight is 317 g/mol. The third-order valence-corrected chi connectivity index (χ3v) is 3.55. The van der Waals surface area contributed by atoms with Crippen molar-refractivity contribution >= 4 is 29.3 Å². The summed E-state index contributed by atoms with van der Waals surface area (Å²) in [6, 6.07) is 15.1. The highest BCUT2D eigenvalue weighted by atomic mass is 35.5. The maximum atomic E-state index is 12.4. The molecule has 22 heavy (non-hydrogen) atoms. The summed E-state index contributed by atoms with van der Waals surface area (Å²) in [5, 5.41) is 5.78. The zero-order valence-corrected chi connectivity index (χ0v) is 12.2. The minimum atomic E-state index is -0.797. The van der Waals surface area contributed by atoms with Gasteiger partial charge >= 0.3 is 6.09 Å². The Hall–Kier alpha value is -2.53. The molecule has 1 fully saturated rings. The monoisotopic (exact) mass is 316 g/mol. The van der Waals surface area contributed by atoms with E-state index in [1.54, 1.807) is 24.3 Å². The average Bonchev–Trinajstić information content (AvgIpc) is 2.90. The normalized spacial score (nSPS) is 20.1. The molecule has 1 aliphatic heterocycles. The van der Waals surface area contributed by atoms with Crippen molar-refractivity contribution in [2.75, 3.05) is 5.32 Å². The van der Waals surface area contributed by atoms with Gasteiger partial charge in [0, 0.05) is 10.7 Å². The number of alkyl carbamates (subject to hydrolysis) is 1. The molecule has 0 aliphatic carbocycles. The molecule has 2 aromatic carbocycles. The number of anilines is 1. The van der Waals surface area contributed by atoms with Gasteiger partial charge in [-0.15, -0.1) is 0 Å². The highest BCUT2D eigenvalue weighted by Gasteiger charge is 2.40. The minimum absolute atomic E-state index is 0.359. The molecule has 2 aromatic rings. The molecule has 0 spiro atoms. The van der Waals surface area contributed by atoms with Crippen LogP contribution in [0.2, 0.25) is 5.02 Å². The Kier molecular flexibility index (Phi) is 3.98. The lowest BCUT2D eigenvalue weighted by Crippen LogP contribution is -2.40. The van der Waals surface area contributed by atoms with Crippen LogP contribution in [0, 0.1) is 0 Å². The van der Waals surface area contributed by atoms with Gasteiger partial charge in [0.2, 0.25) is 0 Å². The molecule has 1 aliphatic rings. The first kappa shape index (κ1) is 14.4. The van der Waals surface area contributed by atoms with Crippen molar-refractivity contribution in [3.63, 3.8) is 0 Å². The summed E-state index contributed by atoms with van der Waals surface area (Å²) in [5.41, 5.74) is 1.32.